The number of rotatable bonds is 3. The Morgan fingerprint density at radius 2 is 1.77 bits per heavy atom. The molecular weight excluding hydrogens is 272 g/mol. The van der Waals surface area contributed by atoms with E-state index in [0.29, 0.717) is 0 Å². The number of fused-ring (bicyclic) bond motifs is 1. The van der Waals surface area contributed by atoms with Crippen molar-refractivity contribution in [2.75, 3.05) is 7.11 Å². The van der Waals surface area contributed by atoms with Gasteiger partial charge in [-0.2, -0.15) is 4.57 Å². The van der Waals surface area contributed by atoms with E-state index in [0.717, 1.165) is 18.7 Å². The van der Waals surface area contributed by atoms with Gasteiger partial charge in [-0.1, -0.05) is 30.3 Å². The lowest BCUT2D eigenvalue weighted by atomic mass is 10.2. The minimum absolute atomic E-state index is 0.892. The standard InChI is InChI=1S/C19H19N2O/c1-22-17-11-9-16(10-12-17)21-14-18(15-6-3-2-4-7-15)20-13-5-8-19(20)21/h2-4,6-7,9-12,14H,5,8,13H2,1H3/q+1. The fraction of sp³-hybridized carbons (Fsp3) is 0.211. The van der Waals surface area contributed by atoms with Gasteiger partial charge >= 0.3 is 0 Å². The fourth-order valence-electron chi connectivity index (χ4n) is 3.24. The quantitative estimate of drug-likeness (QED) is 0.677. The van der Waals surface area contributed by atoms with E-state index >= 15 is 0 Å². The van der Waals surface area contributed by atoms with E-state index in [2.05, 4.69) is 57.8 Å². The topological polar surface area (TPSA) is 18.0 Å². The van der Waals surface area contributed by atoms with Crippen LogP contribution in [0.1, 0.15) is 12.2 Å². The van der Waals surface area contributed by atoms with E-state index in [1.807, 2.05) is 12.1 Å². The minimum Gasteiger partial charge on any atom is -0.497 e. The van der Waals surface area contributed by atoms with Crippen molar-refractivity contribution in [1.29, 1.82) is 0 Å². The zero-order valence-electron chi connectivity index (χ0n) is 12.7. The second-order valence-electron chi connectivity index (χ2n) is 5.62. The molecule has 0 amide bonds. The van der Waals surface area contributed by atoms with Crippen LogP contribution < -0.4 is 9.30 Å². The molecule has 1 aliphatic heterocycles. The highest BCUT2D eigenvalue weighted by Crippen LogP contribution is 2.24. The maximum atomic E-state index is 5.26. The number of hydrogen-bond acceptors (Lipinski definition) is 1. The van der Waals surface area contributed by atoms with Crippen LogP contribution in [0.15, 0.2) is 60.8 Å². The van der Waals surface area contributed by atoms with Crippen LogP contribution in [-0.4, -0.2) is 11.7 Å². The van der Waals surface area contributed by atoms with Gasteiger partial charge in [-0.3, -0.25) is 0 Å². The summed E-state index contributed by atoms with van der Waals surface area (Å²) in [6.45, 7) is 1.10. The smallest absolute Gasteiger partial charge is 0.262 e. The van der Waals surface area contributed by atoms with Gasteiger partial charge in [0.2, 0.25) is 0 Å². The minimum atomic E-state index is 0.892. The molecule has 1 aliphatic rings. The molecule has 110 valence electrons. The monoisotopic (exact) mass is 291 g/mol. The lowest BCUT2D eigenvalue weighted by Crippen LogP contribution is -2.33. The van der Waals surface area contributed by atoms with Crippen molar-refractivity contribution in [3.63, 3.8) is 0 Å². The van der Waals surface area contributed by atoms with Crippen LogP contribution in [-0.2, 0) is 13.0 Å². The van der Waals surface area contributed by atoms with Crippen molar-refractivity contribution in [2.24, 2.45) is 0 Å². The molecule has 1 aromatic heterocycles. The van der Waals surface area contributed by atoms with Gasteiger partial charge in [0.15, 0.2) is 5.69 Å². The molecule has 0 saturated heterocycles. The molecule has 22 heavy (non-hydrogen) atoms. The van der Waals surface area contributed by atoms with Crippen molar-refractivity contribution in [3.05, 3.63) is 66.6 Å². The SMILES string of the molecule is COc1ccc(-n2cc(-c3ccccc3)[n+]3c2CCC3)cc1. The second-order valence-corrected chi connectivity index (χ2v) is 5.62. The van der Waals surface area contributed by atoms with Gasteiger partial charge in [0.05, 0.1) is 20.1 Å². The summed E-state index contributed by atoms with van der Waals surface area (Å²) in [7, 11) is 1.70. The summed E-state index contributed by atoms with van der Waals surface area (Å²) >= 11 is 0. The van der Waals surface area contributed by atoms with Crippen LogP contribution in [0, 0.1) is 0 Å². The lowest BCUT2D eigenvalue weighted by molar-refractivity contribution is -0.679. The van der Waals surface area contributed by atoms with Crippen LogP contribution in [0.2, 0.25) is 0 Å². The zero-order chi connectivity index (χ0) is 14.9. The van der Waals surface area contributed by atoms with E-state index in [1.165, 1.54) is 29.2 Å². The third-order valence-corrected chi connectivity index (χ3v) is 4.33. The molecule has 0 spiro atoms. The molecule has 3 nitrogen and oxygen atoms in total. The first-order valence-electron chi connectivity index (χ1n) is 7.71. The summed E-state index contributed by atoms with van der Waals surface area (Å²) in [5.74, 6) is 2.27. The number of aromatic nitrogens is 2. The Kier molecular flexibility index (Phi) is 3.19. The third-order valence-electron chi connectivity index (χ3n) is 4.33. The number of methoxy groups -OCH3 is 1. The summed E-state index contributed by atoms with van der Waals surface area (Å²) in [4.78, 5) is 0. The second kappa shape index (κ2) is 5.34. The van der Waals surface area contributed by atoms with E-state index in [1.54, 1.807) is 7.11 Å². The predicted molar refractivity (Wildman–Crippen MR) is 86.3 cm³/mol. The molecule has 3 aromatic rings. The molecule has 2 aromatic carbocycles. The lowest BCUT2D eigenvalue weighted by Gasteiger charge is -2.01. The number of hydrogen-bond donors (Lipinski definition) is 0. The number of imidazole rings is 1. The van der Waals surface area contributed by atoms with Gasteiger partial charge in [-0.25, -0.2) is 4.57 Å². The van der Waals surface area contributed by atoms with Gasteiger partial charge in [0.1, 0.15) is 17.6 Å². The van der Waals surface area contributed by atoms with Crippen LogP contribution in [0.5, 0.6) is 5.75 Å². The first-order valence-corrected chi connectivity index (χ1v) is 7.71. The summed E-state index contributed by atoms with van der Waals surface area (Å²) in [6.07, 6.45) is 4.59. The van der Waals surface area contributed by atoms with Gasteiger partial charge in [-0.05, 0) is 30.7 Å². The first-order chi connectivity index (χ1) is 10.9. The maximum absolute atomic E-state index is 5.26. The van der Waals surface area contributed by atoms with Crippen molar-refractivity contribution in [1.82, 2.24) is 4.57 Å². The molecule has 0 aliphatic carbocycles. The highest BCUT2D eigenvalue weighted by Gasteiger charge is 2.29. The Morgan fingerprint density at radius 3 is 2.50 bits per heavy atom. The zero-order valence-corrected chi connectivity index (χ0v) is 12.7. The first kappa shape index (κ1) is 13.1. The molecule has 4 rings (SSSR count). The summed E-state index contributed by atoms with van der Waals surface area (Å²) < 4.78 is 10.0. The van der Waals surface area contributed by atoms with Gasteiger partial charge in [-0.15, -0.1) is 0 Å². The highest BCUT2D eigenvalue weighted by atomic mass is 16.5. The molecule has 0 radical (unpaired) electrons. The Morgan fingerprint density at radius 1 is 1.00 bits per heavy atom. The van der Waals surface area contributed by atoms with Crippen molar-refractivity contribution in [3.8, 4) is 22.7 Å². The van der Waals surface area contributed by atoms with E-state index in [4.69, 9.17) is 4.74 Å². The summed E-state index contributed by atoms with van der Waals surface area (Å²) in [5.41, 5.74) is 3.76. The molecule has 0 fully saturated rings. The predicted octanol–water partition coefficient (Wildman–Crippen LogP) is 3.39. The normalized spacial score (nSPS) is 13.1. The molecule has 0 unspecified atom stereocenters. The third kappa shape index (κ3) is 2.10. The van der Waals surface area contributed by atoms with Gasteiger partial charge in [0, 0.05) is 5.56 Å². The number of ether oxygens (including phenoxy) is 1. The van der Waals surface area contributed by atoms with Gasteiger partial charge < -0.3 is 4.74 Å². The highest BCUT2D eigenvalue weighted by molar-refractivity contribution is 5.56. The molecule has 0 saturated carbocycles. The van der Waals surface area contributed by atoms with Crippen molar-refractivity contribution < 1.29 is 9.30 Å². The Labute approximate surface area is 130 Å². The summed E-state index contributed by atoms with van der Waals surface area (Å²) in [6, 6.07) is 18.9. The largest absolute Gasteiger partial charge is 0.497 e. The maximum Gasteiger partial charge on any atom is 0.262 e. The Bertz CT molecular complexity index is 788. The molecule has 0 atom stereocenters. The number of benzene rings is 2. The van der Waals surface area contributed by atoms with E-state index in [9.17, 15) is 0 Å². The molecule has 2 heterocycles. The van der Waals surface area contributed by atoms with Crippen molar-refractivity contribution in [2.45, 2.75) is 19.4 Å². The average molecular weight is 291 g/mol. The molecular formula is C19H19N2O+. The molecule has 0 N–H and O–H groups in total. The molecule has 3 heteroatoms. The summed E-state index contributed by atoms with van der Waals surface area (Å²) in [5, 5.41) is 0. The van der Waals surface area contributed by atoms with E-state index < -0.39 is 0 Å². The van der Waals surface area contributed by atoms with E-state index in [-0.39, 0.29) is 0 Å². The fourth-order valence-corrected chi connectivity index (χ4v) is 3.24. The van der Waals surface area contributed by atoms with Crippen LogP contribution in [0.3, 0.4) is 0 Å². The van der Waals surface area contributed by atoms with Gasteiger partial charge in [0.25, 0.3) is 5.82 Å². The average Bonchev–Trinajstić information content (AvgIpc) is 3.18. The van der Waals surface area contributed by atoms with Crippen molar-refractivity contribution >= 4 is 0 Å². The Hall–Kier alpha value is -2.55. The van der Waals surface area contributed by atoms with Crippen LogP contribution in [0.4, 0.5) is 0 Å². The molecule has 0 bridgehead atoms. The van der Waals surface area contributed by atoms with Crippen LogP contribution in [0.25, 0.3) is 16.9 Å². The van der Waals surface area contributed by atoms with Crippen LogP contribution >= 0.6 is 0 Å². The number of nitrogens with zero attached hydrogens (tertiary/aromatic N) is 2. The Balaban J connectivity index is 1.84.